The molecule has 2 aromatic carbocycles. The second kappa shape index (κ2) is 7.04. The Hall–Kier alpha value is -3.02. The Kier molecular flexibility index (Phi) is 4.65. The maximum atomic E-state index is 13.8. The van der Waals surface area contributed by atoms with Crippen LogP contribution in [-0.2, 0) is 0 Å². The standard InChI is InChI=1S/C18H16F2N4/c1-2-24(13-7-4-3-5-8-13)17-11-16(21-12-22-17)23-18-14(19)9-6-10-15(18)20/h3-12H,2H2,1H3,(H,21,22,23). The smallest absolute Gasteiger partial charge is 0.149 e. The van der Waals surface area contributed by atoms with Crippen molar-refractivity contribution in [3.8, 4) is 0 Å². The third kappa shape index (κ3) is 3.32. The van der Waals surface area contributed by atoms with Crippen LogP contribution in [0, 0.1) is 11.6 Å². The predicted molar refractivity (Wildman–Crippen MR) is 90.8 cm³/mol. The van der Waals surface area contributed by atoms with Gasteiger partial charge in [-0.15, -0.1) is 0 Å². The van der Waals surface area contributed by atoms with Crippen LogP contribution >= 0.6 is 0 Å². The molecule has 24 heavy (non-hydrogen) atoms. The molecule has 122 valence electrons. The van der Waals surface area contributed by atoms with Gasteiger partial charge in [0.05, 0.1) is 0 Å². The van der Waals surface area contributed by atoms with Crippen LogP contribution in [0.3, 0.4) is 0 Å². The van der Waals surface area contributed by atoms with Gasteiger partial charge in [0.15, 0.2) is 0 Å². The van der Waals surface area contributed by atoms with E-state index in [2.05, 4.69) is 15.3 Å². The summed E-state index contributed by atoms with van der Waals surface area (Å²) in [6.45, 7) is 2.69. The van der Waals surface area contributed by atoms with Gasteiger partial charge in [-0.05, 0) is 31.2 Å². The monoisotopic (exact) mass is 326 g/mol. The van der Waals surface area contributed by atoms with Crippen LogP contribution in [0.1, 0.15) is 6.92 Å². The lowest BCUT2D eigenvalue weighted by Gasteiger charge is -2.22. The molecule has 0 aliphatic carbocycles. The number of nitrogens with one attached hydrogen (secondary N) is 1. The lowest BCUT2D eigenvalue weighted by molar-refractivity contribution is 0.590. The number of aromatic nitrogens is 2. The second-order valence-corrected chi connectivity index (χ2v) is 5.06. The summed E-state index contributed by atoms with van der Waals surface area (Å²) in [5.41, 5.74) is 0.742. The summed E-state index contributed by atoms with van der Waals surface area (Å²) in [5, 5.41) is 2.68. The van der Waals surface area contributed by atoms with Crippen molar-refractivity contribution in [1.29, 1.82) is 0 Å². The molecule has 3 aromatic rings. The van der Waals surface area contributed by atoms with Gasteiger partial charge in [0, 0.05) is 18.3 Å². The Morgan fingerprint density at radius 1 is 0.958 bits per heavy atom. The van der Waals surface area contributed by atoms with Crippen molar-refractivity contribution in [3.63, 3.8) is 0 Å². The van der Waals surface area contributed by atoms with E-state index in [1.165, 1.54) is 24.5 Å². The van der Waals surface area contributed by atoms with Gasteiger partial charge in [-0.2, -0.15) is 0 Å². The van der Waals surface area contributed by atoms with Crippen LogP contribution in [0.5, 0.6) is 0 Å². The molecule has 1 heterocycles. The van der Waals surface area contributed by atoms with Gasteiger partial charge in [-0.3, -0.25) is 0 Å². The van der Waals surface area contributed by atoms with E-state index in [9.17, 15) is 8.78 Å². The minimum Gasteiger partial charge on any atom is -0.335 e. The van der Waals surface area contributed by atoms with Crippen LogP contribution in [0.15, 0.2) is 60.9 Å². The number of anilines is 4. The van der Waals surface area contributed by atoms with Gasteiger partial charge in [0.2, 0.25) is 0 Å². The Morgan fingerprint density at radius 2 is 1.67 bits per heavy atom. The fraction of sp³-hybridized carbons (Fsp3) is 0.111. The molecule has 0 unspecified atom stereocenters. The molecule has 3 rings (SSSR count). The number of rotatable bonds is 5. The summed E-state index contributed by atoms with van der Waals surface area (Å²) in [5.74, 6) is -0.396. The number of halogens is 2. The SMILES string of the molecule is CCN(c1ccccc1)c1cc(Nc2c(F)cccc2F)ncn1. The van der Waals surface area contributed by atoms with Crippen molar-refractivity contribution in [1.82, 2.24) is 9.97 Å². The van der Waals surface area contributed by atoms with E-state index < -0.39 is 11.6 Å². The zero-order valence-electron chi connectivity index (χ0n) is 13.1. The topological polar surface area (TPSA) is 41.0 Å². The van der Waals surface area contributed by atoms with Crippen molar-refractivity contribution in [2.45, 2.75) is 6.92 Å². The van der Waals surface area contributed by atoms with Crippen LogP contribution < -0.4 is 10.2 Å². The predicted octanol–water partition coefficient (Wildman–Crippen LogP) is 4.66. The third-order valence-electron chi connectivity index (χ3n) is 3.53. The zero-order chi connectivity index (χ0) is 16.9. The number of hydrogen-bond donors (Lipinski definition) is 1. The summed E-state index contributed by atoms with van der Waals surface area (Å²) in [6, 6.07) is 15.1. The van der Waals surface area contributed by atoms with Crippen LogP contribution in [0.4, 0.5) is 31.8 Å². The van der Waals surface area contributed by atoms with E-state index in [-0.39, 0.29) is 5.69 Å². The van der Waals surface area contributed by atoms with Gasteiger partial charge in [-0.1, -0.05) is 24.3 Å². The fourth-order valence-electron chi connectivity index (χ4n) is 2.39. The first-order chi connectivity index (χ1) is 11.7. The molecule has 0 aliphatic heterocycles. The molecular weight excluding hydrogens is 310 g/mol. The van der Waals surface area contributed by atoms with E-state index in [1.54, 1.807) is 6.07 Å². The third-order valence-corrected chi connectivity index (χ3v) is 3.53. The van der Waals surface area contributed by atoms with Crippen LogP contribution in [-0.4, -0.2) is 16.5 Å². The number of hydrogen-bond acceptors (Lipinski definition) is 4. The maximum absolute atomic E-state index is 13.8. The van der Waals surface area contributed by atoms with Crippen LogP contribution in [0.2, 0.25) is 0 Å². The minimum atomic E-state index is -0.675. The molecule has 0 aliphatic rings. The lowest BCUT2D eigenvalue weighted by Crippen LogP contribution is -2.17. The molecule has 0 atom stereocenters. The molecule has 0 spiro atoms. The van der Waals surface area contributed by atoms with Gasteiger partial charge in [0.25, 0.3) is 0 Å². The van der Waals surface area contributed by atoms with Crippen LogP contribution in [0.25, 0.3) is 0 Å². The summed E-state index contributed by atoms with van der Waals surface area (Å²) in [6.07, 6.45) is 1.36. The molecule has 0 fully saturated rings. The van der Waals surface area contributed by atoms with E-state index in [0.29, 0.717) is 18.2 Å². The molecule has 0 saturated heterocycles. The second-order valence-electron chi connectivity index (χ2n) is 5.06. The Balaban J connectivity index is 1.92. The van der Waals surface area contributed by atoms with Gasteiger partial charge < -0.3 is 10.2 Å². The molecule has 4 nitrogen and oxygen atoms in total. The molecule has 1 aromatic heterocycles. The average Bonchev–Trinajstić information content (AvgIpc) is 2.60. The molecule has 1 N–H and O–H groups in total. The van der Waals surface area contributed by atoms with Gasteiger partial charge >= 0.3 is 0 Å². The molecule has 0 radical (unpaired) electrons. The maximum Gasteiger partial charge on any atom is 0.149 e. The Bertz CT molecular complexity index is 804. The number of nitrogens with zero attached hydrogens (tertiary/aromatic N) is 3. The highest BCUT2D eigenvalue weighted by molar-refractivity contribution is 5.65. The van der Waals surface area contributed by atoms with Crippen molar-refractivity contribution < 1.29 is 8.78 Å². The lowest BCUT2D eigenvalue weighted by atomic mass is 10.2. The average molecular weight is 326 g/mol. The Labute approximate surface area is 138 Å². The van der Waals surface area contributed by atoms with Crippen molar-refractivity contribution in [2.75, 3.05) is 16.8 Å². The summed E-state index contributed by atoms with van der Waals surface area (Å²) < 4.78 is 27.5. The molecular formula is C18H16F2N4. The van der Waals surface area contributed by atoms with Crippen molar-refractivity contribution >= 4 is 23.0 Å². The fourth-order valence-corrected chi connectivity index (χ4v) is 2.39. The molecule has 0 amide bonds. The number of para-hydroxylation sites is 2. The summed E-state index contributed by atoms with van der Waals surface area (Å²) in [7, 11) is 0. The van der Waals surface area contributed by atoms with E-state index in [1.807, 2.05) is 42.2 Å². The highest BCUT2D eigenvalue weighted by atomic mass is 19.1. The van der Waals surface area contributed by atoms with E-state index >= 15 is 0 Å². The summed E-state index contributed by atoms with van der Waals surface area (Å²) >= 11 is 0. The van der Waals surface area contributed by atoms with Gasteiger partial charge in [-0.25, -0.2) is 18.7 Å². The van der Waals surface area contributed by atoms with Crippen molar-refractivity contribution in [2.24, 2.45) is 0 Å². The first-order valence-corrected chi connectivity index (χ1v) is 7.54. The summed E-state index contributed by atoms with van der Waals surface area (Å²) in [4.78, 5) is 10.3. The highest BCUT2D eigenvalue weighted by Gasteiger charge is 2.12. The molecule has 6 heteroatoms. The van der Waals surface area contributed by atoms with Crippen molar-refractivity contribution in [3.05, 3.63) is 72.6 Å². The van der Waals surface area contributed by atoms with Gasteiger partial charge in [0.1, 0.15) is 35.3 Å². The molecule has 0 saturated carbocycles. The first kappa shape index (κ1) is 15.9. The highest BCUT2D eigenvalue weighted by Crippen LogP contribution is 2.26. The zero-order valence-corrected chi connectivity index (χ0v) is 13.1. The normalized spacial score (nSPS) is 10.5. The number of benzene rings is 2. The minimum absolute atomic E-state index is 0.232. The largest absolute Gasteiger partial charge is 0.335 e. The van der Waals surface area contributed by atoms with E-state index in [0.717, 1.165) is 5.69 Å². The van der Waals surface area contributed by atoms with E-state index in [4.69, 9.17) is 0 Å². The first-order valence-electron chi connectivity index (χ1n) is 7.54. The molecule has 0 bridgehead atoms. The quantitative estimate of drug-likeness (QED) is 0.740. The Morgan fingerprint density at radius 3 is 2.33 bits per heavy atom.